The molecule has 0 unspecified atom stereocenters. The number of ether oxygens (including phenoxy) is 1. The zero-order chi connectivity index (χ0) is 15.2. The average molecular weight is 324 g/mol. The van der Waals surface area contributed by atoms with Gasteiger partial charge in [0.1, 0.15) is 0 Å². The van der Waals surface area contributed by atoms with Gasteiger partial charge in [-0.05, 0) is 31.4 Å². The highest BCUT2D eigenvalue weighted by Gasteiger charge is 2.09. The van der Waals surface area contributed by atoms with Gasteiger partial charge in [0.05, 0.1) is 23.2 Å². The number of carbonyl (C=O) groups excluding carboxylic acids is 2. The minimum atomic E-state index is -0.352. The lowest BCUT2D eigenvalue weighted by Crippen LogP contribution is -2.14. The Hall–Kier alpha value is -1.60. The van der Waals surface area contributed by atoms with Crippen molar-refractivity contribution in [3.05, 3.63) is 18.2 Å². The lowest BCUT2D eigenvalue weighted by atomic mass is 10.2. The van der Waals surface area contributed by atoms with Crippen LogP contribution in [0.1, 0.15) is 19.8 Å². The molecule has 112 valence electrons. The van der Waals surface area contributed by atoms with Gasteiger partial charge in [-0.1, -0.05) is 11.8 Å². The molecule has 0 aliphatic rings. The molecule has 1 N–H and O–H groups in total. The number of hydrogen-bond acceptors (Lipinski definition) is 6. The maximum Gasteiger partial charge on any atom is 0.306 e. The third-order valence-corrected chi connectivity index (χ3v) is 4.69. The Morgan fingerprint density at radius 2 is 2.19 bits per heavy atom. The zero-order valence-corrected chi connectivity index (χ0v) is 13.5. The molecular weight excluding hydrogens is 308 g/mol. The van der Waals surface area contributed by atoms with Crippen LogP contribution in [0.3, 0.4) is 0 Å². The number of aromatic nitrogens is 1. The highest BCUT2D eigenvalue weighted by Crippen LogP contribution is 2.29. The average Bonchev–Trinajstić information content (AvgIpc) is 2.88. The van der Waals surface area contributed by atoms with Crippen LogP contribution in [0, 0.1) is 0 Å². The summed E-state index contributed by atoms with van der Waals surface area (Å²) in [5.41, 5.74) is 1.64. The molecule has 5 nitrogen and oxygen atoms in total. The van der Waals surface area contributed by atoms with Crippen LogP contribution in [-0.4, -0.2) is 29.7 Å². The number of esters is 1. The molecule has 1 heterocycles. The van der Waals surface area contributed by atoms with Gasteiger partial charge in [0.15, 0.2) is 4.34 Å². The maximum absolute atomic E-state index is 11.8. The van der Waals surface area contributed by atoms with Crippen LogP contribution in [0.4, 0.5) is 5.69 Å². The molecule has 7 heteroatoms. The highest BCUT2D eigenvalue weighted by molar-refractivity contribution is 8.00. The lowest BCUT2D eigenvalue weighted by molar-refractivity contribution is -0.144. The number of amides is 1. The second kappa shape index (κ2) is 7.42. The number of thioether (sulfide) groups is 1. The van der Waals surface area contributed by atoms with Crippen molar-refractivity contribution in [2.24, 2.45) is 0 Å². The first-order chi connectivity index (χ1) is 10.1. The van der Waals surface area contributed by atoms with Crippen molar-refractivity contribution in [2.45, 2.75) is 24.1 Å². The normalized spacial score (nSPS) is 10.6. The Kier molecular flexibility index (Phi) is 5.58. The van der Waals surface area contributed by atoms with Gasteiger partial charge in [0.25, 0.3) is 0 Å². The summed E-state index contributed by atoms with van der Waals surface area (Å²) in [7, 11) is 0. The molecule has 0 aliphatic carbocycles. The molecule has 2 rings (SSSR count). The van der Waals surface area contributed by atoms with E-state index in [9.17, 15) is 9.59 Å². The quantitative estimate of drug-likeness (QED) is 0.652. The van der Waals surface area contributed by atoms with E-state index in [0.717, 1.165) is 14.6 Å². The Balaban J connectivity index is 1.95. The van der Waals surface area contributed by atoms with E-state index >= 15 is 0 Å². The molecule has 1 aromatic heterocycles. The van der Waals surface area contributed by atoms with E-state index in [1.165, 1.54) is 0 Å². The number of nitrogens with one attached hydrogen (secondary N) is 1. The van der Waals surface area contributed by atoms with Crippen molar-refractivity contribution >= 4 is 50.9 Å². The summed E-state index contributed by atoms with van der Waals surface area (Å²) in [5.74, 6) is -0.549. The fraction of sp³-hybridized carbons (Fsp3) is 0.357. The Morgan fingerprint density at radius 1 is 1.38 bits per heavy atom. The first-order valence-electron chi connectivity index (χ1n) is 6.52. The van der Waals surface area contributed by atoms with Crippen LogP contribution in [0.25, 0.3) is 10.2 Å². The molecular formula is C14H16N2O3S2. The van der Waals surface area contributed by atoms with Crippen LogP contribution >= 0.6 is 23.1 Å². The summed E-state index contributed by atoms with van der Waals surface area (Å²) < 4.78 is 6.81. The minimum absolute atomic E-state index is 0.0963. The van der Waals surface area contributed by atoms with Crippen molar-refractivity contribution in [3.8, 4) is 0 Å². The largest absolute Gasteiger partial charge is 0.466 e. The topological polar surface area (TPSA) is 68.3 Å². The summed E-state index contributed by atoms with van der Waals surface area (Å²) in [4.78, 5) is 27.4. The third kappa shape index (κ3) is 4.44. The monoisotopic (exact) mass is 324 g/mol. The van der Waals surface area contributed by atoms with Gasteiger partial charge in [-0.25, -0.2) is 4.98 Å². The zero-order valence-electron chi connectivity index (χ0n) is 11.8. The van der Waals surface area contributed by atoms with E-state index in [1.54, 1.807) is 30.0 Å². The number of carbonyl (C=O) groups is 2. The molecule has 0 atom stereocenters. The van der Waals surface area contributed by atoms with Crippen LogP contribution in [0.5, 0.6) is 0 Å². The summed E-state index contributed by atoms with van der Waals surface area (Å²) in [6, 6.07) is 5.59. The maximum atomic E-state index is 11.8. The lowest BCUT2D eigenvalue weighted by Gasteiger charge is -2.05. The van der Waals surface area contributed by atoms with Crippen molar-refractivity contribution in [2.75, 3.05) is 18.2 Å². The number of fused-ring (bicyclic) bond motifs is 1. The van der Waals surface area contributed by atoms with Gasteiger partial charge in [0, 0.05) is 12.1 Å². The van der Waals surface area contributed by atoms with Crippen LogP contribution in [-0.2, 0) is 14.3 Å². The van der Waals surface area contributed by atoms with E-state index in [-0.39, 0.29) is 24.7 Å². The molecule has 0 saturated heterocycles. The molecule has 0 radical (unpaired) electrons. The van der Waals surface area contributed by atoms with Gasteiger partial charge in [-0.15, -0.1) is 11.3 Å². The second-order valence-electron chi connectivity index (χ2n) is 4.22. The highest BCUT2D eigenvalue weighted by atomic mass is 32.2. The Bertz CT molecular complexity index is 655. The van der Waals surface area contributed by atoms with Crippen molar-refractivity contribution in [3.63, 3.8) is 0 Å². The summed E-state index contributed by atoms with van der Waals surface area (Å²) >= 11 is 3.19. The van der Waals surface area contributed by atoms with Gasteiger partial charge in [0.2, 0.25) is 5.91 Å². The summed E-state index contributed by atoms with van der Waals surface area (Å²) in [5, 5.41) is 2.78. The SMILES string of the molecule is CCOC(=O)CCC(=O)Nc1ccc2nc(SC)sc2c1. The van der Waals surface area contributed by atoms with E-state index < -0.39 is 0 Å². The van der Waals surface area contributed by atoms with Crippen LogP contribution in [0.2, 0.25) is 0 Å². The number of benzene rings is 1. The summed E-state index contributed by atoms with van der Waals surface area (Å²) in [6.07, 6.45) is 2.20. The molecule has 1 aromatic carbocycles. The smallest absolute Gasteiger partial charge is 0.306 e. The van der Waals surface area contributed by atoms with Gasteiger partial charge < -0.3 is 10.1 Å². The third-order valence-electron chi connectivity index (χ3n) is 2.69. The fourth-order valence-electron chi connectivity index (χ4n) is 1.74. The van der Waals surface area contributed by atoms with E-state index in [1.807, 2.05) is 24.5 Å². The van der Waals surface area contributed by atoms with Crippen molar-refractivity contribution in [1.82, 2.24) is 4.98 Å². The predicted octanol–water partition coefficient (Wildman–Crippen LogP) is 3.30. The number of anilines is 1. The second-order valence-corrected chi connectivity index (χ2v) is 6.30. The Morgan fingerprint density at radius 3 is 2.90 bits per heavy atom. The number of thiazole rings is 1. The predicted molar refractivity (Wildman–Crippen MR) is 85.9 cm³/mol. The fourth-order valence-corrected chi connectivity index (χ4v) is 3.27. The van der Waals surface area contributed by atoms with E-state index in [0.29, 0.717) is 12.3 Å². The van der Waals surface area contributed by atoms with Crippen LogP contribution < -0.4 is 5.32 Å². The molecule has 0 bridgehead atoms. The van der Waals surface area contributed by atoms with Crippen LogP contribution in [0.15, 0.2) is 22.5 Å². The molecule has 0 spiro atoms. The first-order valence-corrected chi connectivity index (χ1v) is 8.56. The standard InChI is InChI=1S/C14H16N2O3S2/c1-3-19-13(18)7-6-12(17)15-9-4-5-10-11(8-9)21-14(16-10)20-2/h4-5,8H,3,6-7H2,1-2H3,(H,15,17). The summed E-state index contributed by atoms with van der Waals surface area (Å²) in [6.45, 7) is 2.07. The van der Waals surface area contributed by atoms with Gasteiger partial charge >= 0.3 is 5.97 Å². The molecule has 0 fully saturated rings. The molecule has 0 saturated carbocycles. The van der Waals surface area contributed by atoms with Crippen molar-refractivity contribution in [1.29, 1.82) is 0 Å². The van der Waals surface area contributed by atoms with E-state index in [4.69, 9.17) is 4.74 Å². The molecule has 2 aromatic rings. The molecule has 0 aliphatic heterocycles. The minimum Gasteiger partial charge on any atom is -0.466 e. The Labute approximate surface area is 131 Å². The number of rotatable bonds is 6. The van der Waals surface area contributed by atoms with E-state index in [2.05, 4.69) is 10.3 Å². The van der Waals surface area contributed by atoms with Gasteiger partial charge in [-0.3, -0.25) is 9.59 Å². The number of nitrogens with zero attached hydrogens (tertiary/aromatic N) is 1. The number of hydrogen-bond donors (Lipinski definition) is 1. The van der Waals surface area contributed by atoms with Crippen molar-refractivity contribution < 1.29 is 14.3 Å². The first kappa shape index (κ1) is 15.8. The molecule has 1 amide bonds. The van der Waals surface area contributed by atoms with Gasteiger partial charge in [-0.2, -0.15) is 0 Å². The molecule has 21 heavy (non-hydrogen) atoms.